The maximum Gasteiger partial charge on any atom is 0.343 e. The van der Waals surface area contributed by atoms with Crippen molar-refractivity contribution < 1.29 is 61.4 Å². The van der Waals surface area contributed by atoms with Gasteiger partial charge in [-0.25, -0.2) is 47.1 Å². The van der Waals surface area contributed by atoms with E-state index in [0.29, 0.717) is 38.7 Å². The molecule has 6 rings (SSSR count). The second-order valence-electron chi connectivity index (χ2n) is 13.1. The fourth-order valence-electron chi connectivity index (χ4n) is 5.23. The van der Waals surface area contributed by atoms with Crippen LogP contribution in [0.1, 0.15) is 11.4 Å². The summed E-state index contributed by atoms with van der Waals surface area (Å²) >= 11 is 0. The molecule has 0 aliphatic carbocycles. The highest BCUT2D eigenvalue weighted by Crippen LogP contribution is 2.37. The number of nitro benzene ring substituents is 2. The third-order valence-corrected chi connectivity index (χ3v) is 8.86. The van der Waals surface area contributed by atoms with Crippen LogP contribution in [0, 0.1) is 51.5 Å². The van der Waals surface area contributed by atoms with Gasteiger partial charge in [-0.1, -0.05) is 0 Å². The van der Waals surface area contributed by atoms with E-state index in [1.165, 1.54) is 65.6 Å². The first-order valence-electron chi connectivity index (χ1n) is 18.5. The fraction of sp³-hybridized carbons (Fsp3) is 0.200. The normalized spacial score (nSPS) is 10.3. The fourth-order valence-corrected chi connectivity index (χ4v) is 5.23. The molecule has 2 aromatic carbocycles. The van der Waals surface area contributed by atoms with Crippen LogP contribution >= 0.6 is 0 Å². The van der Waals surface area contributed by atoms with Gasteiger partial charge in [0.1, 0.15) is 0 Å². The molecule has 4 heterocycles. The van der Waals surface area contributed by atoms with E-state index in [0.717, 1.165) is 34.4 Å². The predicted octanol–water partition coefficient (Wildman–Crippen LogP) is 3.00. The molecule has 6 aromatic rings. The largest absolute Gasteiger partial charge is 0.503 e. The Balaban J connectivity index is 0.000000245. The molecule has 0 bridgehead atoms. The molecule has 0 fully saturated rings. The number of benzene rings is 2. The molecule has 0 aliphatic heterocycles. The standard InChI is InChI=1S/C20H17FN4O8.C12H9F2N3O4.C8H9NO4/c1-11-7-17(26)24(20(28)23(11)2)13-9-16(14(25(29)30)8-12(13)21)33-15-5-4-6-22-19(15)32-10-18(27)31-3;1-6-3-11(18)16(12(19)15(6)2)9-4-8(14)10(17(20)21)5-7(9)13;1-12-7(11)5-13-8-6(10)3-2-4-9-8/h4-9H,10H2,1-3H3;3-5H,1-2H3;2-4,10H,5H2,1H3. The first-order chi connectivity index (χ1) is 31.6. The van der Waals surface area contributed by atoms with Crippen molar-refractivity contribution in [2.45, 2.75) is 13.8 Å². The maximum absolute atomic E-state index is 14.8. The summed E-state index contributed by atoms with van der Waals surface area (Å²) in [5.74, 6) is -5.94. The topological polar surface area (TPSA) is 301 Å². The van der Waals surface area contributed by atoms with Crippen LogP contribution in [0.4, 0.5) is 24.5 Å². The molecule has 0 atom stereocenters. The van der Waals surface area contributed by atoms with Gasteiger partial charge in [-0.05, 0) is 38.1 Å². The van der Waals surface area contributed by atoms with Crippen molar-refractivity contribution in [2.24, 2.45) is 14.1 Å². The quantitative estimate of drug-likeness (QED) is 0.105. The van der Waals surface area contributed by atoms with Crippen LogP contribution in [0.15, 0.2) is 92.2 Å². The number of nitrogens with zero attached hydrogens (tertiary/aromatic N) is 8. The van der Waals surface area contributed by atoms with Gasteiger partial charge in [0.25, 0.3) is 22.9 Å². The zero-order chi connectivity index (χ0) is 49.9. The molecule has 0 saturated carbocycles. The van der Waals surface area contributed by atoms with E-state index in [-0.39, 0.29) is 29.9 Å². The molecular weight excluding hydrogens is 905 g/mol. The number of carbonyl (C=O) groups excluding carboxylic acids is 2. The molecule has 0 spiro atoms. The molecule has 27 heteroatoms. The van der Waals surface area contributed by atoms with Gasteiger partial charge in [-0.3, -0.25) is 29.8 Å². The summed E-state index contributed by atoms with van der Waals surface area (Å²) in [5.41, 5.74) is -5.85. The Kier molecular flexibility index (Phi) is 16.5. The van der Waals surface area contributed by atoms with Crippen LogP contribution in [0.2, 0.25) is 0 Å². The molecule has 0 unspecified atom stereocenters. The Bertz CT molecular complexity index is 3130. The van der Waals surface area contributed by atoms with Crippen LogP contribution in [-0.4, -0.2) is 82.6 Å². The van der Waals surface area contributed by atoms with E-state index >= 15 is 0 Å². The van der Waals surface area contributed by atoms with Crippen molar-refractivity contribution in [3.63, 3.8) is 0 Å². The molecule has 0 saturated heterocycles. The number of methoxy groups -OCH3 is 2. The lowest BCUT2D eigenvalue weighted by Crippen LogP contribution is -2.38. The number of nitro groups is 2. The number of aromatic nitrogens is 6. The summed E-state index contributed by atoms with van der Waals surface area (Å²) in [6, 6.07) is 10.1. The molecule has 4 aromatic heterocycles. The van der Waals surface area contributed by atoms with Crippen molar-refractivity contribution in [1.29, 1.82) is 0 Å². The molecule has 0 radical (unpaired) electrons. The van der Waals surface area contributed by atoms with Crippen molar-refractivity contribution in [3.8, 4) is 40.4 Å². The zero-order valence-electron chi connectivity index (χ0n) is 35.6. The van der Waals surface area contributed by atoms with Gasteiger partial charge in [-0.15, -0.1) is 0 Å². The van der Waals surface area contributed by atoms with Gasteiger partial charge in [0.15, 0.2) is 36.3 Å². The van der Waals surface area contributed by atoms with E-state index in [1.807, 2.05) is 0 Å². The van der Waals surface area contributed by atoms with Crippen LogP contribution in [0.3, 0.4) is 0 Å². The maximum atomic E-state index is 14.8. The average molecular weight is 941 g/mol. The zero-order valence-corrected chi connectivity index (χ0v) is 35.6. The summed E-state index contributed by atoms with van der Waals surface area (Å²) in [5, 5.41) is 31.2. The second kappa shape index (κ2) is 22.0. The molecule has 0 amide bonds. The van der Waals surface area contributed by atoms with E-state index in [2.05, 4.69) is 19.4 Å². The van der Waals surface area contributed by atoms with E-state index < -0.39 is 96.8 Å². The number of aryl methyl sites for hydroxylation is 2. The lowest BCUT2D eigenvalue weighted by atomic mass is 10.2. The van der Waals surface area contributed by atoms with Gasteiger partial charge in [0.05, 0.1) is 47.6 Å². The first kappa shape index (κ1) is 50.5. The Morgan fingerprint density at radius 3 is 1.58 bits per heavy atom. The van der Waals surface area contributed by atoms with Crippen LogP contribution < -0.4 is 36.7 Å². The summed E-state index contributed by atoms with van der Waals surface area (Å²) in [6.45, 7) is 2.24. The van der Waals surface area contributed by atoms with E-state index in [4.69, 9.17) is 19.3 Å². The molecule has 1 N–H and O–H groups in total. The predicted molar refractivity (Wildman–Crippen MR) is 222 cm³/mol. The molecule has 67 heavy (non-hydrogen) atoms. The summed E-state index contributed by atoms with van der Waals surface area (Å²) in [6.07, 6.45) is 2.77. The van der Waals surface area contributed by atoms with Crippen molar-refractivity contribution in [2.75, 3.05) is 27.4 Å². The Morgan fingerprint density at radius 1 is 0.657 bits per heavy atom. The number of halogens is 3. The van der Waals surface area contributed by atoms with Crippen LogP contribution in [0.5, 0.6) is 29.0 Å². The van der Waals surface area contributed by atoms with E-state index in [9.17, 15) is 62.2 Å². The van der Waals surface area contributed by atoms with Gasteiger partial charge >= 0.3 is 34.7 Å². The number of aromatic hydroxyl groups is 1. The van der Waals surface area contributed by atoms with Crippen LogP contribution in [0.25, 0.3) is 11.4 Å². The molecule has 352 valence electrons. The van der Waals surface area contributed by atoms with Crippen LogP contribution in [-0.2, 0) is 33.2 Å². The number of ether oxygens (including phenoxy) is 5. The molecule has 0 aliphatic rings. The number of carbonyl (C=O) groups is 2. The van der Waals surface area contributed by atoms with Crippen molar-refractivity contribution in [1.82, 2.24) is 28.2 Å². The lowest BCUT2D eigenvalue weighted by Gasteiger charge is -2.14. The third kappa shape index (κ3) is 12.1. The smallest absolute Gasteiger partial charge is 0.343 e. The highest BCUT2D eigenvalue weighted by atomic mass is 19.1. The second-order valence-corrected chi connectivity index (χ2v) is 13.1. The summed E-state index contributed by atoms with van der Waals surface area (Å²) < 4.78 is 69.8. The first-order valence-corrected chi connectivity index (χ1v) is 18.5. The lowest BCUT2D eigenvalue weighted by molar-refractivity contribution is -0.387. The van der Waals surface area contributed by atoms with E-state index in [1.54, 1.807) is 6.07 Å². The number of rotatable bonds is 12. The van der Waals surface area contributed by atoms with Gasteiger partial charge in [-0.2, -0.15) is 4.39 Å². The van der Waals surface area contributed by atoms with Gasteiger partial charge < -0.3 is 37.9 Å². The van der Waals surface area contributed by atoms with Gasteiger partial charge in [0.2, 0.25) is 11.6 Å². The Morgan fingerprint density at radius 2 is 1.10 bits per heavy atom. The highest BCUT2D eigenvalue weighted by Gasteiger charge is 2.25. The Labute approximate surface area is 372 Å². The average Bonchev–Trinajstić information content (AvgIpc) is 3.28. The summed E-state index contributed by atoms with van der Waals surface area (Å²) in [4.78, 5) is 98.4. The molecular formula is C40H35F3N8O16. The van der Waals surface area contributed by atoms with Crippen molar-refractivity contribution in [3.05, 3.63) is 164 Å². The number of esters is 2. The number of hydrogen-bond donors (Lipinski definition) is 1. The number of pyridine rings is 2. The highest BCUT2D eigenvalue weighted by molar-refractivity contribution is 5.71. The number of hydrogen-bond acceptors (Lipinski definition) is 18. The van der Waals surface area contributed by atoms with Crippen molar-refractivity contribution >= 4 is 23.3 Å². The third-order valence-electron chi connectivity index (χ3n) is 8.86. The van der Waals surface area contributed by atoms with Gasteiger partial charge in [0, 0.05) is 62.1 Å². The summed E-state index contributed by atoms with van der Waals surface area (Å²) in [7, 11) is 5.15. The minimum absolute atomic E-state index is 0.0212. The minimum atomic E-state index is -1.34. The molecule has 24 nitrogen and oxygen atoms in total. The monoisotopic (exact) mass is 940 g/mol. The minimum Gasteiger partial charge on any atom is -0.503 e. The SMILES string of the molecule is COC(=O)COc1ncccc1O.COC(=O)COc1ncccc1Oc1cc(-n2c(=O)cc(C)n(C)c2=O)c(F)cc1[N+](=O)[O-].Cc1cc(=O)n(-c2cc(F)c([N+](=O)[O-])cc2F)c(=O)n1C. The Hall–Kier alpha value is -9.17.